The first-order chi connectivity index (χ1) is 10.3. The van der Waals surface area contributed by atoms with E-state index in [1.807, 2.05) is 12.3 Å². The average molecular weight is 282 g/mol. The van der Waals surface area contributed by atoms with E-state index in [4.69, 9.17) is 4.74 Å². The van der Waals surface area contributed by atoms with Crippen molar-refractivity contribution < 1.29 is 4.74 Å². The van der Waals surface area contributed by atoms with Crippen molar-refractivity contribution in [2.75, 3.05) is 13.1 Å². The lowest BCUT2D eigenvalue weighted by Crippen LogP contribution is -2.37. The van der Waals surface area contributed by atoms with Gasteiger partial charge in [-0.3, -0.25) is 4.98 Å². The Morgan fingerprint density at radius 3 is 2.71 bits per heavy atom. The van der Waals surface area contributed by atoms with Gasteiger partial charge in [0.2, 0.25) is 0 Å². The van der Waals surface area contributed by atoms with Crippen LogP contribution >= 0.6 is 0 Å². The first-order valence-electron chi connectivity index (χ1n) is 7.71. The maximum atomic E-state index is 6.09. The number of benzene rings is 1. The van der Waals surface area contributed by atoms with E-state index in [0.29, 0.717) is 5.92 Å². The van der Waals surface area contributed by atoms with Crippen LogP contribution in [0.4, 0.5) is 0 Å². The summed E-state index contributed by atoms with van der Waals surface area (Å²) in [6, 6.07) is 12.3. The van der Waals surface area contributed by atoms with Crippen LogP contribution in [0, 0.1) is 5.92 Å². The second kappa shape index (κ2) is 6.72. The van der Waals surface area contributed by atoms with E-state index >= 15 is 0 Å². The lowest BCUT2D eigenvalue weighted by Gasteiger charge is -2.28. The van der Waals surface area contributed by atoms with Crippen LogP contribution in [-0.2, 0) is 0 Å². The highest BCUT2D eigenvalue weighted by Crippen LogP contribution is 2.24. The third-order valence-corrected chi connectivity index (χ3v) is 4.17. The number of hydrogen-bond acceptors (Lipinski definition) is 3. The van der Waals surface area contributed by atoms with E-state index in [1.165, 1.54) is 18.4 Å². The molecule has 3 nitrogen and oxygen atoms in total. The predicted molar refractivity (Wildman–Crippen MR) is 85.4 cm³/mol. The van der Waals surface area contributed by atoms with Crippen LogP contribution in [-0.4, -0.2) is 24.2 Å². The van der Waals surface area contributed by atoms with Crippen LogP contribution in [0.2, 0.25) is 0 Å². The number of pyridine rings is 1. The summed E-state index contributed by atoms with van der Waals surface area (Å²) in [5.74, 6) is 1.55. The molecular formula is C18H22N2O. The Morgan fingerprint density at radius 2 is 2.05 bits per heavy atom. The second-order valence-corrected chi connectivity index (χ2v) is 5.70. The molecule has 0 spiro atoms. The van der Waals surface area contributed by atoms with Crippen molar-refractivity contribution in [3.8, 4) is 16.9 Å². The third kappa shape index (κ3) is 3.61. The Kier molecular flexibility index (Phi) is 4.51. The zero-order valence-electron chi connectivity index (χ0n) is 12.5. The van der Waals surface area contributed by atoms with E-state index in [2.05, 4.69) is 47.6 Å². The zero-order chi connectivity index (χ0) is 14.5. The molecule has 2 atom stereocenters. The Bertz CT molecular complexity index is 547. The van der Waals surface area contributed by atoms with E-state index in [1.54, 1.807) is 6.20 Å². The smallest absolute Gasteiger partial charge is 0.119 e. The van der Waals surface area contributed by atoms with Gasteiger partial charge in [0.15, 0.2) is 0 Å². The molecule has 1 aromatic carbocycles. The van der Waals surface area contributed by atoms with Crippen LogP contribution in [0.25, 0.3) is 11.1 Å². The van der Waals surface area contributed by atoms with Crippen LogP contribution < -0.4 is 10.1 Å². The third-order valence-electron chi connectivity index (χ3n) is 4.17. The number of rotatable bonds is 4. The van der Waals surface area contributed by atoms with Gasteiger partial charge in [0, 0.05) is 24.9 Å². The van der Waals surface area contributed by atoms with Crippen LogP contribution in [0.5, 0.6) is 5.75 Å². The maximum absolute atomic E-state index is 6.09. The van der Waals surface area contributed by atoms with Crippen molar-refractivity contribution in [3.63, 3.8) is 0 Å². The molecule has 2 aromatic rings. The normalized spacial score (nSPS) is 20.0. The Morgan fingerprint density at radius 1 is 1.19 bits per heavy atom. The highest BCUT2D eigenvalue weighted by atomic mass is 16.5. The maximum Gasteiger partial charge on any atom is 0.119 e. The summed E-state index contributed by atoms with van der Waals surface area (Å²) in [6.45, 7) is 4.38. The summed E-state index contributed by atoms with van der Waals surface area (Å²) in [5.41, 5.74) is 2.30. The fourth-order valence-electron chi connectivity index (χ4n) is 2.85. The fraction of sp³-hybridized carbons (Fsp3) is 0.389. The molecule has 1 aliphatic rings. The molecule has 0 amide bonds. The Labute approximate surface area is 126 Å². The number of ether oxygens (including phenoxy) is 1. The quantitative estimate of drug-likeness (QED) is 0.931. The molecule has 1 N–H and O–H groups in total. The van der Waals surface area contributed by atoms with Gasteiger partial charge in [0.05, 0.1) is 6.10 Å². The second-order valence-electron chi connectivity index (χ2n) is 5.70. The van der Waals surface area contributed by atoms with Gasteiger partial charge in [-0.25, -0.2) is 0 Å². The average Bonchev–Trinajstić information content (AvgIpc) is 2.57. The molecule has 0 radical (unpaired) electrons. The van der Waals surface area contributed by atoms with Gasteiger partial charge in [0.25, 0.3) is 0 Å². The number of nitrogens with one attached hydrogen (secondary N) is 1. The molecule has 1 aromatic heterocycles. The van der Waals surface area contributed by atoms with Crippen molar-refractivity contribution in [2.24, 2.45) is 5.92 Å². The van der Waals surface area contributed by atoms with Gasteiger partial charge in [0.1, 0.15) is 5.75 Å². The van der Waals surface area contributed by atoms with Gasteiger partial charge >= 0.3 is 0 Å². The van der Waals surface area contributed by atoms with E-state index in [0.717, 1.165) is 24.4 Å². The summed E-state index contributed by atoms with van der Waals surface area (Å²) in [5, 5.41) is 3.45. The van der Waals surface area contributed by atoms with Gasteiger partial charge in [-0.2, -0.15) is 0 Å². The summed E-state index contributed by atoms with van der Waals surface area (Å²) in [6.07, 6.45) is 6.43. The molecule has 1 saturated heterocycles. The first-order valence-corrected chi connectivity index (χ1v) is 7.71. The first kappa shape index (κ1) is 14.1. The van der Waals surface area contributed by atoms with Gasteiger partial charge in [-0.15, -0.1) is 0 Å². The van der Waals surface area contributed by atoms with E-state index in [-0.39, 0.29) is 6.10 Å². The minimum atomic E-state index is 0.252. The number of hydrogen-bond donors (Lipinski definition) is 1. The summed E-state index contributed by atoms with van der Waals surface area (Å²) in [4.78, 5) is 4.15. The monoisotopic (exact) mass is 282 g/mol. The molecule has 1 fully saturated rings. The molecule has 2 heterocycles. The lowest BCUT2D eigenvalue weighted by molar-refractivity contribution is 0.131. The standard InChI is InChI=1S/C18H22N2O/c1-14(16-4-2-10-19-12-16)21-18-8-6-15(7-9-18)17-5-3-11-20-13-17/h3,5-9,11,13-14,16,19H,2,4,10,12H2,1H3. The van der Waals surface area contributed by atoms with Crippen LogP contribution in [0.15, 0.2) is 48.8 Å². The zero-order valence-corrected chi connectivity index (χ0v) is 12.5. The SMILES string of the molecule is CC(Oc1ccc(-c2cccnc2)cc1)C1CCCNC1. The molecule has 3 heteroatoms. The highest BCUT2D eigenvalue weighted by molar-refractivity contribution is 5.62. The summed E-state index contributed by atoms with van der Waals surface area (Å²) >= 11 is 0. The molecular weight excluding hydrogens is 260 g/mol. The molecule has 1 aliphatic heterocycles. The van der Waals surface area contributed by atoms with E-state index < -0.39 is 0 Å². The van der Waals surface area contributed by atoms with Gasteiger partial charge in [-0.1, -0.05) is 18.2 Å². The topological polar surface area (TPSA) is 34.1 Å². The largest absolute Gasteiger partial charge is 0.490 e. The minimum Gasteiger partial charge on any atom is -0.490 e. The fourth-order valence-corrected chi connectivity index (χ4v) is 2.85. The highest BCUT2D eigenvalue weighted by Gasteiger charge is 2.21. The number of aromatic nitrogens is 1. The molecule has 0 saturated carbocycles. The predicted octanol–water partition coefficient (Wildman–Crippen LogP) is 3.52. The Balaban J connectivity index is 1.64. The number of piperidine rings is 1. The number of nitrogens with zero attached hydrogens (tertiary/aromatic N) is 1. The van der Waals surface area contributed by atoms with Crippen molar-refractivity contribution >= 4 is 0 Å². The van der Waals surface area contributed by atoms with Crippen molar-refractivity contribution in [1.29, 1.82) is 0 Å². The molecule has 21 heavy (non-hydrogen) atoms. The van der Waals surface area contributed by atoms with Crippen LogP contribution in [0.1, 0.15) is 19.8 Å². The van der Waals surface area contributed by atoms with Crippen molar-refractivity contribution in [3.05, 3.63) is 48.8 Å². The summed E-state index contributed by atoms with van der Waals surface area (Å²) in [7, 11) is 0. The summed E-state index contributed by atoms with van der Waals surface area (Å²) < 4.78 is 6.09. The van der Waals surface area contributed by atoms with Gasteiger partial charge in [-0.05, 0) is 55.6 Å². The molecule has 2 unspecified atom stereocenters. The lowest BCUT2D eigenvalue weighted by atomic mass is 9.94. The van der Waals surface area contributed by atoms with Crippen molar-refractivity contribution in [1.82, 2.24) is 10.3 Å². The molecule has 110 valence electrons. The van der Waals surface area contributed by atoms with Crippen LogP contribution in [0.3, 0.4) is 0 Å². The Hall–Kier alpha value is -1.87. The van der Waals surface area contributed by atoms with Gasteiger partial charge < -0.3 is 10.1 Å². The molecule has 3 rings (SSSR count). The van der Waals surface area contributed by atoms with Crippen molar-refractivity contribution in [2.45, 2.75) is 25.9 Å². The molecule has 0 aliphatic carbocycles. The molecule has 0 bridgehead atoms. The minimum absolute atomic E-state index is 0.252. The van der Waals surface area contributed by atoms with E-state index in [9.17, 15) is 0 Å².